The van der Waals surface area contributed by atoms with E-state index in [1.807, 2.05) is 27.2 Å². The Bertz CT molecular complexity index is 1110. The zero-order chi connectivity index (χ0) is 47.8. The van der Waals surface area contributed by atoms with Crippen molar-refractivity contribution < 1.29 is 32.9 Å². The van der Waals surface area contributed by atoms with Gasteiger partial charge in [-0.3, -0.25) is 13.8 Å². The van der Waals surface area contributed by atoms with Gasteiger partial charge in [-0.05, 0) is 32.1 Å². The van der Waals surface area contributed by atoms with Crippen LogP contribution in [0.15, 0.2) is 24.3 Å². The summed E-state index contributed by atoms with van der Waals surface area (Å²) in [5, 5.41) is 13.9. The maximum atomic E-state index is 13.0. The first-order chi connectivity index (χ1) is 31.5. The normalized spacial score (nSPS) is 14.1. The maximum absolute atomic E-state index is 13.0. The number of rotatable bonds is 52. The van der Waals surface area contributed by atoms with Gasteiger partial charge in [-0.2, -0.15) is 0 Å². The molecule has 0 spiro atoms. The molecule has 0 bridgehead atoms. The quantitative estimate of drug-likeness (QED) is 0.0243. The maximum Gasteiger partial charge on any atom is 0.472 e. The largest absolute Gasteiger partial charge is 0.472 e. The van der Waals surface area contributed by atoms with Crippen LogP contribution in [-0.4, -0.2) is 73.4 Å². The number of allylic oxidation sites excluding steroid dienone is 3. The smallest absolute Gasteiger partial charge is 0.387 e. The van der Waals surface area contributed by atoms with Crippen LogP contribution in [0.5, 0.6) is 0 Å². The predicted molar refractivity (Wildman–Crippen MR) is 281 cm³/mol. The fraction of sp³-hybridized carbons (Fsp3) is 0.911. The summed E-state index contributed by atoms with van der Waals surface area (Å²) < 4.78 is 23.7. The van der Waals surface area contributed by atoms with Crippen molar-refractivity contribution in [3.8, 4) is 0 Å². The van der Waals surface area contributed by atoms with Crippen molar-refractivity contribution in [2.75, 3.05) is 40.9 Å². The summed E-state index contributed by atoms with van der Waals surface area (Å²) in [5.41, 5.74) is 0. The second-order valence-electron chi connectivity index (χ2n) is 20.7. The average molecular weight is 940 g/mol. The van der Waals surface area contributed by atoms with E-state index in [4.69, 9.17) is 9.05 Å². The van der Waals surface area contributed by atoms with Crippen molar-refractivity contribution in [2.24, 2.45) is 0 Å². The van der Waals surface area contributed by atoms with Crippen LogP contribution in [0.4, 0.5) is 0 Å². The van der Waals surface area contributed by atoms with Crippen molar-refractivity contribution in [1.82, 2.24) is 5.32 Å². The molecule has 0 aromatic heterocycles. The van der Waals surface area contributed by atoms with Crippen LogP contribution in [0.25, 0.3) is 0 Å². The molecule has 65 heavy (non-hydrogen) atoms. The summed E-state index contributed by atoms with van der Waals surface area (Å²) in [6, 6.07) is -0.860. The first kappa shape index (κ1) is 64.0. The third kappa shape index (κ3) is 50.7. The predicted octanol–water partition coefficient (Wildman–Crippen LogP) is 16.8. The van der Waals surface area contributed by atoms with Crippen LogP contribution in [-0.2, 0) is 18.4 Å². The fourth-order valence-corrected chi connectivity index (χ4v) is 9.21. The third-order valence-electron chi connectivity index (χ3n) is 12.9. The summed E-state index contributed by atoms with van der Waals surface area (Å²) in [5.74, 6) is -0.181. The molecule has 3 N–H and O–H groups in total. The molecular weight excluding hydrogens is 828 g/mol. The summed E-state index contributed by atoms with van der Waals surface area (Å²) in [6.07, 6.45) is 59.9. The molecule has 0 saturated carbocycles. The van der Waals surface area contributed by atoms with Crippen LogP contribution < -0.4 is 5.32 Å². The Morgan fingerprint density at radius 2 is 0.846 bits per heavy atom. The molecule has 1 amide bonds. The molecular formula is C56H112N2O6P+. The lowest BCUT2D eigenvalue weighted by atomic mass is 10.0. The van der Waals surface area contributed by atoms with Crippen LogP contribution in [0.3, 0.4) is 0 Å². The number of amides is 1. The van der Waals surface area contributed by atoms with Gasteiger partial charge in [0, 0.05) is 6.42 Å². The van der Waals surface area contributed by atoms with E-state index in [-0.39, 0.29) is 19.1 Å². The minimum Gasteiger partial charge on any atom is -0.387 e. The second-order valence-corrected chi connectivity index (χ2v) is 22.1. The third-order valence-corrected chi connectivity index (χ3v) is 13.9. The van der Waals surface area contributed by atoms with Crippen molar-refractivity contribution >= 4 is 13.7 Å². The molecule has 0 aromatic carbocycles. The van der Waals surface area contributed by atoms with E-state index in [2.05, 4.69) is 31.3 Å². The highest BCUT2D eigenvalue weighted by molar-refractivity contribution is 7.47. The molecule has 3 atom stereocenters. The van der Waals surface area contributed by atoms with Crippen molar-refractivity contribution in [3.05, 3.63) is 24.3 Å². The lowest BCUT2D eigenvalue weighted by Gasteiger charge is -2.25. The molecule has 0 aliphatic carbocycles. The van der Waals surface area contributed by atoms with Gasteiger partial charge in [0.1, 0.15) is 13.2 Å². The highest BCUT2D eigenvalue weighted by atomic mass is 31.2. The molecule has 0 heterocycles. The van der Waals surface area contributed by atoms with E-state index in [1.54, 1.807) is 6.08 Å². The molecule has 0 aromatic rings. The minimum atomic E-state index is -4.35. The Labute approximate surface area is 404 Å². The minimum absolute atomic E-state index is 0.0587. The molecule has 0 rings (SSSR count). The van der Waals surface area contributed by atoms with Gasteiger partial charge >= 0.3 is 7.82 Å². The summed E-state index contributed by atoms with van der Waals surface area (Å²) in [7, 11) is 1.57. The number of unbranched alkanes of at least 4 members (excludes halogenated alkanes) is 37. The number of aliphatic hydroxyl groups is 1. The molecule has 3 unspecified atom stereocenters. The lowest BCUT2D eigenvalue weighted by Crippen LogP contribution is -2.45. The van der Waals surface area contributed by atoms with E-state index in [9.17, 15) is 19.4 Å². The lowest BCUT2D eigenvalue weighted by molar-refractivity contribution is -0.870. The van der Waals surface area contributed by atoms with Crippen molar-refractivity contribution in [2.45, 2.75) is 289 Å². The Hall–Kier alpha value is -1.02. The Morgan fingerprint density at radius 1 is 0.508 bits per heavy atom. The Balaban J connectivity index is 4.25. The molecule has 0 saturated heterocycles. The number of phosphoric acid groups is 1. The number of aliphatic hydroxyl groups excluding tert-OH is 1. The Kier molecular flexibility index (Phi) is 47.3. The molecule has 0 aliphatic heterocycles. The topological polar surface area (TPSA) is 105 Å². The van der Waals surface area contributed by atoms with Gasteiger partial charge in [0.2, 0.25) is 5.91 Å². The van der Waals surface area contributed by atoms with Gasteiger partial charge in [0.25, 0.3) is 0 Å². The van der Waals surface area contributed by atoms with Gasteiger partial charge in [0.05, 0.1) is 39.9 Å². The average Bonchev–Trinajstić information content (AvgIpc) is 3.26. The fourth-order valence-electron chi connectivity index (χ4n) is 8.47. The van der Waals surface area contributed by atoms with Gasteiger partial charge in [-0.15, -0.1) is 0 Å². The number of phosphoric ester groups is 1. The van der Waals surface area contributed by atoms with Crippen molar-refractivity contribution in [3.63, 3.8) is 0 Å². The first-order valence-electron chi connectivity index (χ1n) is 28.2. The van der Waals surface area contributed by atoms with Crippen LogP contribution in [0, 0.1) is 0 Å². The number of hydrogen-bond donors (Lipinski definition) is 3. The molecule has 9 heteroatoms. The molecule has 0 fully saturated rings. The number of nitrogens with zero attached hydrogens (tertiary/aromatic N) is 1. The number of quaternary nitrogens is 1. The van der Waals surface area contributed by atoms with Gasteiger partial charge in [-0.25, -0.2) is 4.57 Å². The second kappa shape index (κ2) is 48.0. The van der Waals surface area contributed by atoms with Crippen LogP contribution in [0.1, 0.15) is 277 Å². The van der Waals surface area contributed by atoms with E-state index < -0.39 is 20.0 Å². The van der Waals surface area contributed by atoms with Crippen LogP contribution >= 0.6 is 7.82 Å². The highest BCUT2D eigenvalue weighted by Crippen LogP contribution is 2.43. The van der Waals surface area contributed by atoms with Crippen LogP contribution in [0.2, 0.25) is 0 Å². The molecule has 0 radical (unpaired) electrons. The standard InChI is InChI=1S/C56H111N2O6P/c1-6-8-10-12-14-16-18-20-22-24-26-27-28-29-30-32-33-35-37-39-41-43-45-47-49-55(59)54(53-64-65(61,62)63-52-51-58(3,4)5)57-56(60)50-48-46-44-42-40-38-36-34-31-25-23-21-19-17-15-13-11-9-7-2/h39,41,47,49,54-55,59H,6-38,40,42-46,48,50-53H2,1-5H3,(H-,57,60,61,62)/p+1/b41-39+,49-47+. The SMILES string of the molecule is CCCCCCCCCCCCCCCCCCCC/C=C/CC/C=C/C(O)C(COP(=O)(O)OCC[N+](C)(C)C)NC(=O)CCCCCCCCCCCCCCCCCCCCC. The van der Waals surface area contributed by atoms with E-state index in [0.717, 1.165) is 38.5 Å². The number of hydrogen-bond acceptors (Lipinski definition) is 5. The Morgan fingerprint density at radius 3 is 1.23 bits per heavy atom. The molecule has 8 nitrogen and oxygen atoms in total. The molecule has 0 aliphatic rings. The number of carbonyl (C=O) groups is 1. The number of nitrogens with one attached hydrogen (secondary N) is 1. The van der Waals surface area contributed by atoms with Gasteiger partial charge in [0.15, 0.2) is 0 Å². The number of carbonyl (C=O) groups excluding carboxylic acids is 1. The van der Waals surface area contributed by atoms with E-state index >= 15 is 0 Å². The van der Waals surface area contributed by atoms with Crippen molar-refractivity contribution in [1.29, 1.82) is 0 Å². The number of likely N-dealkylation sites (N-methyl/N-ethyl adjacent to an activating group) is 1. The molecule has 386 valence electrons. The zero-order valence-electron chi connectivity index (χ0n) is 44.0. The van der Waals surface area contributed by atoms with Gasteiger partial charge in [-0.1, -0.05) is 263 Å². The zero-order valence-corrected chi connectivity index (χ0v) is 44.9. The van der Waals surface area contributed by atoms with E-state index in [0.29, 0.717) is 17.4 Å². The van der Waals surface area contributed by atoms with E-state index in [1.165, 1.54) is 218 Å². The first-order valence-corrected chi connectivity index (χ1v) is 29.7. The summed E-state index contributed by atoms with van der Waals surface area (Å²) in [4.78, 5) is 23.3. The summed E-state index contributed by atoms with van der Waals surface area (Å²) in [6.45, 7) is 4.84. The van der Waals surface area contributed by atoms with Gasteiger partial charge < -0.3 is 19.8 Å². The monoisotopic (exact) mass is 940 g/mol. The highest BCUT2D eigenvalue weighted by Gasteiger charge is 2.27. The summed E-state index contributed by atoms with van der Waals surface area (Å²) >= 11 is 0.